The largest absolute Gasteiger partial charge is 0.488 e. The first-order chi connectivity index (χ1) is 65.7. The van der Waals surface area contributed by atoms with Gasteiger partial charge in [0.25, 0.3) is 0 Å². The zero-order valence-electron chi connectivity index (χ0n) is 72.8. The van der Waals surface area contributed by atoms with Crippen molar-refractivity contribution < 1.29 is 104 Å². The number of thiophene rings is 4. The van der Waals surface area contributed by atoms with Crippen molar-refractivity contribution >= 4 is 171 Å². The average molecular weight is 2240 g/mol. The Labute approximate surface area is 836 Å². The summed E-state index contributed by atoms with van der Waals surface area (Å²) in [7, 11) is -16.4. The lowest BCUT2D eigenvalue weighted by Gasteiger charge is -2.18. The van der Waals surface area contributed by atoms with Gasteiger partial charge in [-0.05, 0) is 238 Å². The number of rotatable bonds is 37. The number of nitrogens with zero attached hydrogens (tertiary/aromatic N) is 8. The molecule has 35 nitrogen and oxygen atoms in total. The van der Waals surface area contributed by atoms with E-state index in [9.17, 15) is 82.1 Å². The number of para-hydroxylation sites is 1. The fourth-order valence-corrected chi connectivity index (χ4v) is 22.7. The summed E-state index contributed by atoms with van der Waals surface area (Å²) < 4.78 is 143. The van der Waals surface area contributed by atoms with Crippen molar-refractivity contribution in [2.24, 2.45) is 56.1 Å². The van der Waals surface area contributed by atoms with E-state index in [1.807, 2.05) is 107 Å². The molecule has 8 aromatic heterocycles. The molecule has 0 unspecified atom stereocenters. The van der Waals surface area contributed by atoms with Crippen LogP contribution in [0.3, 0.4) is 0 Å². The number of ether oxygens (including phenoxy) is 1. The molecule has 4 saturated carbocycles. The van der Waals surface area contributed by atoms with E-state index in [0.29, 0.717) is 129 Å². The molecular weight excluding hydrogens is 2150 g/mol. The SMILES string of the molecule is NS(=O)(=O)OC[C@H]1C[C@@H](Cc2ncncc2C(=O)c2cc(COc3ccccc3Br)cs2)C[C@@H]1O.NS(=O)(=O)OC[C@H]1C[C@@H](Cc2ncncc2C(=O)c2cc(Cc3ccccc3)c(Cl)s2)C[C@@H]1O.NS(=O)(=O)OC[C@H]1C[C@@H](Nc2ncncc2C(=O)c2cc(Cc3cccc(F)c3)cs2)C[C@@H]1O.NS(=O)(=O)OC[C@H]1C[C@@H](Nc2ncncc2C(=O)c2cc(Cc3cccc(I)c3)cs2)[C@@H](F)[C@@H]1O. The zero-order chi connectivity index (χ0) is 98.8. The number of alkyl halides is 1. The van der Waals surface area contributed by atoms with Gasteiger partial charge in [0.15, 0.2) is 0 Å². The molecule has 14 N–H and O–H groups in total. The molecule has 0 saturated heterocycles. The van der Waals surface area contributed by atoms with Crippen molar-refractivity contribution in [1.82, 2.24) is 39.9 Å². The van der Waals surface area contributed by atoms with E-state index in [1.165, 1.54) is 108 Å². The van der Waals surface area contributed by atoms with Gasteiger partial charge in [-0.15, -0.1) is 45.3 Å². The third kappa shape index (κ3) is 31.1. The summed E-state index contributed by atoms with van der Waals surface area (Å²) in [6, 6.07) is 37.9. The highest BCUT2D eigenvalue weighted by atomic mass is 127. The molecule has 0 amide bonds. The molecule has 0 radical (unpaired) electrons. The Morgan fingerprint density at radius 2 is 0.906 bits per heavy atom. The van der Waals surface area contributed by atoms with Crippen LogP contribution in [0.5, 0.6) is 5.75 Å². The minimum Gasteiger partial charge on any atom is -0.488 e. The first kappa shape index (κ1) is 106. The lowest BCUT2D eigenvalue weighted by atomic mass is 9.96. The number of carbonyl (C=O) groups is 4. The third-order valence-electron chi connectivity index (χ3n) is 23.0. The van der Waals surface area contributed by atoms with Crippen molar-refractivity contribution in [2.45, 2.75) is 126 Å². The van der Waals surface area contributed by atoms with Crippen LogP contribution in [0.1, 0.15) is 156 Å². The predicted molar refractivity (Wildman–Crippen MR) is 524 cm³/mol. The second-order valence-corrected chi connectivity index (χ2v) is 44.6. The Morgan fingerprint density at radius 3 is 1.42 bits per heavy atom. The first-order valence-electron chi connectivity index (χ1n) is 42.5. The van der Waals surface area contributed by atoms with Gasteiger partial charge in [-0.25, -0.2) is 69.2 Å². The highest BCUT2D eigenvalue weighted by Crippen LogP contribution is 2.40. The normalized spacial score (nSPS) is 20.8. The van der Waals surface area contributed by atoms with Crippen molar-refractivity contribution in [3.05, 3.63) is 304 Å². The van der Waals surface area contributed by atoms with Gasteiger partial charge in [-0.2, -0.15) is 33.7 Å². The second-order valence-electron chi connectivity index (χ2n) is 33.2. The molecule has 13 atom stereocenters. The van der Waals surface area contributed by atoms with Gasteiger partial charge in [-0.3, -0.25) is 35.9 Å². The molecule has 4 aromatic carbocycles. The topological polar surface area (TPSA) is 563 Å². The fraction of sp³-hybridized carbons (Fsp3) is 0.333. The Hall–Kier alpha value is -9.24. The third-order valence-corrected chi connectivity index (χ3v) is 30.6. The minimum absolute atomic E-state index is 0.00564. The summed E-state index contributed by atoms with van der Waals surface area (Å²) in [6.07, 6.45) is 11.2. The highest BCUT2D eigenvalue weighted by Gasteiger charge is 2.45. The number of nitrogens with two attached hydrogens (primary N) is 4. The number of hydrogen-bond donors (Lipinski definition) is 10. The number of carbonyl (C=O) groups excluding carboxylic acids is 4. The lowest BCUT2D eigenvalue weighted by molar-refractivity contribution is 0.0501. The average Bonchev–Trinajstić information content (AvgIpc) is 1.64. The van der Waals surface area contributed by atoms with Crippen molar-refractivity contribution in [2.75, 3.05) is 37.1 Å². The lowest BCUT2D eigenvalue weighted by Crippen LogP contribution is -2.33. The first-order valence-corrected chi connectivity index (χ1v) is 54.1. The van der Waals surface area contributed by atoms with Gasteiger partial charge in [0, 0.05) is 63.6 Å². The Bertz CT molecular complexity index is 6770. The standard InChI is InChI=1S/C23H24BrN3O6S2.C23H24ClN3O5S2.C22H22FIN4O5S2.C22H23FN4O5S2/c24-18-3-1-2-4-21(18)32-10-15-8-22(34-12-15)23(29)17-9-26-13-27-19(17)6-14-5-16(20(28)7-14)11-33-35(25,30)31;24-23-16(6-14-4-2-1-3-5-14)10-21(33-23)22(29)18-11-26-13-27-19(18)8-15-7-17(20(28)9-15)12-32-34(25,30)31;23-19-17(7-14(20(19)29)9-33-35(25,31)32)28-22-16(8-26-11-27-22)21(30)18-6-13(10-34-18)4-12-2-1-3-15(24)5-12;23-16-3-1-2-13(5-16)4-14-6-20(33-11-14)21(29)18-9-25-12-26-22(18)27-17-7-15(19(28)8-17)10-32-34(24,30)31/h1-4,8-9,12-14,16,20,28H,5-7,10-11H2,(H2,25,30,31);1-5,10-11,13,15,17,20,28H,6-9,12H2,(H2,25,30,31);1-3,5-6,8,10-11,14,17,19-20,29H,4,7,9H2,(H2,25,31,32)(H,26,27,28);1-3,5-6,9,11-12,15,17,19,28H,4,7-8,10H2,(H2,24,30,31)(H,25,26,27)/t14-,16+,20-;15-,17+,20-;14-,17-,19-,20-;15-,17-,19+/m0011/s1. The van der Waals surface area contributed by atoms with Gasteiger partial charge in [0.05, 0.1) is 119 Å². The molecule has 4 fully saturated rings. The summed E-state index contributed by atoms with van der Waals surface area (Å²) in [6.45, 7) is -0.703. The highest BCUT2D eigenvalue weighted by molar-refractivity contribution is 14.1. The fourth-order valence-electron chi connectivity index (χ4n) is 16.4. The Morgan fingerprint density at radius 1 is 0.471 bits per heavy atom. The van der Waals surface area contributed by atoms with E-state index in [4.69, 9.17) is 36.9 Å². The number of aliphatic hydroxyl groups is 4. The maximum absolute atomic E-state index is 14.8. The van der Waals surface area contributed by atoms with E-state index in [1.54, 1.807) is 18.2 Å². The number of anilines is 2. The molecule has 138 heavy (non-hydrogen) atoms. The van der Waals surface area contributed by atoms with Crippen LogP contribution >= 0.6 is 95.5 Å². The molecular formula is C90H93BrClF2IN14O21S8. The van der Waals surface area contributed by atoms with Gasteiger partial charge in [-0.1, -0.05) is 78.3 Å². The van der Waals surface area contributed by atoms with E-state index in [0.717, 1.165) is 52.7 Å². The summed E-state index contributed by atoms with van der Waals surface area (Å²) in [5, 5.41) is 72.2. The summed E-state index contributed by atoms with van der Waals surface area (Å²) in [5.41, 5.74) is 9.11. The van der Waals surface area contributed by atoms with E-state index < -0.39 is 96.3 Å². The number of hydrogen-bond acceptors (Lipinski definition) is 35. The van der Waals surface area contributed by atoms with Crippen molar-refractivity contribution in [3.63, 3.8) is 0 Å². The number of ketones is 4. The summed E-state index contributed by atoms with van der Waals surface area (Å²) >= 11 is 17.3. The van der Waals surface area contributed by atoms with Crippen LogP contribution in [0, 0.1) is 44.9 Å². The van der Waals surface area contributed by atoms with E-state index >= 15 is 0 Å². The molecule has 8 heterocycles. The molecule has 0 spiro atoms. The molecule has 0 bridgehead atoms. The molecule has 12 aromatic rings. The van der Waals surface area contributed by atoms with Gasteiger partial charge in [0.1, 0.15) is 61.3 Å². The quantitative estimate of drug-likeness (QED) is 0.0128. The minimum atomic E-state index is -4.22. The number of aliphatic hydroxyl groups excluding tert-OH is 4. The van der Waals surface area contributed by atoms with Crippen LogP contribution in [0.4, 0.5) is 20.4 Å². The molecule has 16 rings (SSSR count). The molecule has 4 aliphatic carbocycles. The molecule has 732 valence electrons. The van der Waals surface area contributed by atoms with Crippen LogP contribution in [-0.4, -0.2) is 186 Å². The maximum Gasteiger partial charge on any atom is 0.333 e. The van der Waals surface area contributed by atoms with Gasteiger partial charge in [0.2, 0.25) is 23.1 Å². The number of nitrogens with one attached hydrogen (secondary N) is 2. The molecule has 48 heteroatoms. The van der Waals surface area contributed by atoms with E-state index in [-0.39, 0.29) is 102 Å². The van der Waals surface area contributed by atoms with Gasteiger partial charge < -0.3 is 35.8 Å². The van der Waals surface area contributed by atoms with Crippen LogP contribution in [0.25, 0.3) is 0 Å². The monoisotopic (exact) mass is 2240 g/mol. The summed E-state index contributed by atoms with van der Waals surface area (Å²) in [4.78, 5) is 88.0. The predicted octanol–water partition coefficient (Wildman–Crippen LogP) is 11.4. The van der Waals surface area contributed by atoms with Crippen LogP contribution in [-0.2, 0) is 96.7 Å². The second kappa shape index (κ2) is 48.5. The van der Waals surface area contributed by atoms with E-state index in [2.05, 4.69) is 112 Å². The number of benzene rings is 4. The molecule has 4 aliphatic rings. The molecule has 0 aliphatic heterocycles. The number of halogens is 5. The smallest absolute Gasteiger partial charge is 0.333 e. The summed E-state index contributed by atoms with van der Waals surface area (Å²) in [5.74, 6) is -2.01. The number of aromatic nitrogens is 8. The van der Waals surface area contributed by atoms with Crippen LogP contribution in [0.2, 0.25) is 4.34 Å². The Balaban J connectivity index is 0.000000155. The Kier molecular flexibility index (Phi) is 37.3. The zero-order valence-corrected chi connectivity index (χ0v) is 83.8. The van der Waals surface area contributed by atoms with Crippen LogP contribution in [0.15, 0.2) is 198 Å². The van der Waals surface area contributed by atoms with Crippen molar-refractivity contribution in [3.8, 4) is 5.75 Å². The van der Waals surface area contributed by atoms with Crippen LogP contribution < -0.4 is 35.9 Å². The maximum atomic E-state index is 14.8. The van der Waals surface area contributed by atoms with Gasteiger partial charge >= 0.3 is 41.2 Å². The van der Waals surface area contributed by atoms with Crippen molar-refractivity contribution in [1.29, 1.82) is 0 Å².